The van der Waals surface area contributed by atoms with Crippen LogP contribution >= 0.6 is 0 Å². The van der Waals surface area contributed by atoms with Crippen molar-refractivity contribution in [3.8, 4) is 0 Å². The summed E-state index contributed by atoms with van der Waals surface area (Å²) in [7, 11) is 1.55. The molecule has 0 radical (unpaired) electrons. The van der Waals surface area contributed by atoms with Gasteiger partial charge in [-0.1, -0.05) is 0 Å². The van der Waals surface area contributed by atoms with Crippen LogP contribution in [0.4, 0.5) is 0 Å². The Morgan fingerprint density at radius 2 is 1.57 bits per heavy atom. The minimum Gasteiger partial charge on any atom is -0.358 e. The molecule has 0 unspecified atom stereocenters. The van der Waals surface area contributed by atoms with Crippen LogP contribution in [0.25, 0.3) is 0 Å². The van der Waals surface area contributed by atoms with E-state index in [1.807, 2.05) is 20.8 Å². The van der Waals surface area contributed by atoms with Gasteiger partial charge in [0, 0.05) is 12.6 Å². The first-order chi connectivity index (χ1) is 6.35. The predicted octanol–water partition coefficient (Wildman–Crippen LogP) is -0.763. The molecule has 0 saturated carbocycles. The topological polar surface area (TPSA) is 70.2 Å². The molecule has 0 aromatic heterocycles. The zero-order chi connectivity index (χ0) is 11.2. The van der Waals surface area contributed by atoms with E-state index in [1.54, 1.807) is 7.05 Å². The number of hydrogen-bond acceptors (Lipinski definition) is 3. The van der Waals surface area contributed by atoms with Crippen molar-refractivity contribution in [2.45, 2.75) is 26.3 Å². The third-order valence-electron chi connectivity index (χ3n) is 1.36. The lowest BCUT2D eigenvalue weighted by molar-refractivity contribution is -0.122. The molecule has 0 aromatic rings. The Balaban J connectivity index is 3.60. The van der Waals surface area contributed by atoms with Gasteiger partial charge in [0.25, 0.3) is 0 Å². The van der Waals surface area contributed by atoms with Gasteiger partial charge in [-0.3, -0.25) is 14.9 Å². The molecular formula is C9H19N3O2. The average Bonchev–Trinajstić information content (AvgIpc) is 2.00. The highest BCUT2D eigenvalue weighted by molar-refractivity contribution is 5.81. The van der Waals surface area contributed by atoms with E-state index in [0.717, 1.165) is 0 Å². The van der Waals surface area contributed by atoms with Crippen LogP contribution in [0.2, 0.25) is 0 Å². The molecule has 0 aliphatic heterocycles. The van der Waals surface area contributed by atoms with Gasteiger partial charge >= 0.3 is 0 Å². The average molecular weight is 201 g/mol. The van der Waals surface area contributed by atoms with Crippen LogP contribution in [0, 0.1) is 0 Å². The second kappa shape index (κ2) is 5.59. The Kier molecular flexibility index (Phi) is 5.15. The van der Waals surface area contributed by atoms with Crippen LogP contribution in [-0.4, -0.2) is 37.5 Å². The molecule has 0 bridgehead atoms. The first kappa shape index (κ1) is 12.9. The van der Waals surface area contributed by atoms with Gasteiger partial charge in [-0.05, 0) is 20.8 Å². The van der Waals surface area contributed by atoms with Crippen molar-refractivity contribution >= 4 is 11.8 Å². The van der Waals surface area contributed by atoms with Gasteiger partial charge in [0.1, 0.15) is 0 Å². The third kappa shape index (κ3) is 7.54. The van der Waals surface area contributed by atoms with Crippen molar-refractivity contribution in [2.24, 2.45) is 0 Å². The molecular weight excluding hydrogens is 182 g/mol. The zero-order valence-electron chi connectivity index (χ0n) is 9.23. The summed E-state index contributed by atoms with van der Waals surface area (Å²) in [6.07, 6.45) is 0. The van der Waals surface area contributed by atoms with E-state index in [1.165, 1.54) is 0 Å². The second-order valence-electron chi connectivity index (χ2n) is 4.07. The molecule has 14 heavy (non-hydrogen) atoms. The third-order valence-corrected chi connectivity index (χ3v) is 1.36. The van der Waals surface area contributed by atoms with Gasteiger partial charge < -0.3 is 10.6 Å². The Bertz CT molecular complexity index is 209. The number of carbonyl (C=O) groups is 2. The van der Waals surface area contributed by atoms with Gasteiger partial charge in [0.05, 0.1) is 13.1 Å². The molecule has 0 atom stereocenters. The highest BCUT2D eigenvalue weighted by Gasteiger charge is 2.12. The SMILES string of the molecule is CNC(=O)CNCC(=O)NC(C)(C)C. The smallest absolute Gasteiger partial charge is 0.234 e. The summed E-state index contributed by atoms with van der Waals surface area (Å²) >= 11 is 0. The number of likely N-dealkylation sites (N-methyl/N-ethyl adjacent to an activating group) is 1. The number of rotatable bonds is 4. The highest BCUT2D eigenvalue weighted by atomic mass is 16.2. The fraction of sp³-hybridized carbons (Fsp3) is 0.778. The zero-order valence-corrected chi connectivity index (χ0v) is 9.23. The van der Waals surface area contributed by atoms with Crippen LogP contribution in [-0.2, 0) is 9.59 Å². The first-order valence-corrected chi connectivity index (χ1v) is 4.57. The van der Waals surface area contributed by atoms with Crippen molar-refractivity contribution in [1.82, 2.24) is 16.0 Å². The fourth-order valence-electron chi connectivity index (χ4n) is 0.840. The monoisotopic (exact) mass is 201 g/mol. The number of hydrogen-bond donors (Lipinski definition) is 3. The summed E-state index contributed by atoms with van der Waals surface area (Å²) in [4.78, 5) is 22.0. The summed E-state index contributed by atoms with van der Waals surface area (Å²) in [5.41, 5.74) is -0.230. The molecule has 3 N–H and O–H groups in total. The first-order valence-electron chi connectivity index (χ1n) is 4.57. The lowest BCUT2D eigenvalue weighted by Gasteiger charge is -2.20. The predicted molar refractivity (Wildman–Crippen MR) is 54.8 cm³/mol. The van der Waals surface area contributed by atoms with Gasteiger partial charge in [-0.2, -0.15) is 0 Å². The standard InChI is InChI=1S/C9H19N3O2/c1-9(2,3)12-8(14)6-11-5-7(13)10-4/h11H,5-6H2,1-4H3,(H,10,13)(H,12,14). The summed E-state index contributed by atoms with van der Waals surface area (Å²) in [6.45, 7) is 6.04. The van der Waals surface area contributed by atoms with E-state index in [4.69, 9.17) is 0 Å². The molecule has 0 spiro atoms. The maximum absolute atomic E-state index is 11.2. The second-order valence-corrected chi connectivity index (χ2v) is 4.07. The lowest BCUT2D eigenvalue weighted by Crippen LogP contribution is -2.46. The minimum atomic E-state index is -0.230. The van der Waals surface area contributed by atoms with Crippen molar-refractivity contribution in [3.05, 3.63) is 0 Å². The van der Waals surface area contributed by atoms with E-state index in [2.05, 4.69) is 16.0 Å². The molecule has 0 aliphatic carbocycles. The maximum atomic E-state index is 11.2. The van der Waals surface area contributed by atoms with E-state index in [0.29, 0.717) is 0 Å². The Hall–Kier alpha value is -1.10. The van der Waals surface area contributed by atoms with E-state index in [9.17, 15) is 9.59 Å². The van der Waals surface area contributed by atoms with Crippen molar-refractivity contribution in [2.75, 3.05) is 20.1 Å². The number of amides is 2. The van der Waals surface area contributed by atoms with Crippen molar-refractivity contribution in [1.29, 1.82) is 0 Å². The normalized spacial score (nSPS) is 10.9. The lowest BCUT2D eigenvalue weighted by atomic mass is 10.1. The minimum absolute atomic E-state index is 0.110. The highest BCUT2D eigenvalue weighted by Crippen LogP contribution is 1.96. The maximum Gasteiger partial charge on any atom is 0.234 e. The summed E-state index contributed by atoms with van der Waals surface area (Å²) in [6, 6.07) is 0. The molecule has 0 saturated heterocycles. The molecule has 0 rings (SSSR count). The molecule has 0 aromatic carbocycles. The van der Waals surface area contributed by atoms with Crippen LogP contribution < -0.4 is 16.0 Å². The van der Waals surface area contributed by atoms with Crippen LogP contribution in [0.3, 0.4) is 0 Å². The Labute approximate surface area is 84.6 Å². The molecule has 82 valence electrons. The van der Waals surface area contributed by atoms with Gasteiger partial charge in [0.15, 0.2) is 0 Å². The molecule has 0 heterocycles. The van der Waals surface area contributed by atoms with E-state index in [-0.39, 0.29) is 30.4 Å². The van der Waals surface area contributed by atoms with Gasteiger partial charge in [0.2, 0.25) is 11.8 Å². The molecule has 0 aliphatic rings. The largest absolute Gasteiger partial charge is 0.358 e. The van der Waals surface area contributed by atoms with Gasteiger partial charge in [-0.15, -0.1) is 0 Å². The summed E-state index contributed by atoms with van der Waals surface area (Å²) < 4.78 is 0. The van der Waals surface area contributed by atoms with Crippen molar-refractivity contribution in [3.63, 3.8) is 0 Å². The van der Waals surface area contributed by atoms with Crippen LogP contribution in [0.5, 0.6) is 0 Å². The Morgan fingerprint density at radius 3 is 2.00 bits per heavy atom. The number of carbonyl (C=O) groups excluding carboxylic acids is 2. The van der Waals surface area contributed by atoms with Crippen molar-refractivity contribution < 1.29 is 9.59 Å². The quantitative estimate of drug-likeness (QED) is 0.560. The summed E-state index contributed by atoms with van der Waals surface area (Å²) in [5, 5.41) is 7.97. The van der Waals surface area contributed by atoms with Crippen LogP contribution in [0.15, 0.2) is 0 Å². The fourth-order valence-corrected chi connectivity index (χ4v) is 0.840. The van der Waals surface area contributed by atoms with E-state index >= 15 is 0 Å². The van der Waals surface area contributed by atoms with Crippen LogP contribution in [0.1, 0.15) is 20.8 Å². The molecule has 2 amide bonds. The van der Waals surface area contributed by atoms with Gasteiger partial charge in [-0.25, -0.2) is 0 Å². The Morgan fingerprint density at radius 1 is 1.07 bits per heavy atom. The molecule has 0 fully saturated rings. The molecule has 5 heteroatoms. The van der Waals surface area contributed by atoms with E-state index < -0.39 is 0 Å². The summed E-state index contributed by atoms with van der Waals surface area (Å²) in [5.74, 6) is -0.241. The number of nitrogens with one attached hydrogen (secondary N) is 3. The molecule has 5 nitrogen and oxygen atoms in total.